The highest BCUT2D eigenvalue weighted by atomic mass is 35.5. The van der Waals surface area contributed by atoms with E-state index in [1.54, 1.807) is 0 Å². The topological polar surface area (TPSA) is 88.9 Å². The summed E-state index contributed by atoms with van der Waals surface area (Å²) in [4.78, 5) is 36.0. The monoisotopic (exact) mass is 569 g/mol. The highest BCUT2D eigenvalue weighted by Crippen LogP contribution is 2.25. The van der Waals surface area contributed by atoms with E-state index in [2.05, 4.69) is 19.2 Å². The van der Waals surface area contributed by atoms with Gasteiger partial charge in [-0.2, -0.15) is 0 Å². The second-order valence-electron chi connectivity index (χ2n) is 10.7. The largest absolute Gasteiger partial charge is 0.378 e. The molecule has 2 amide bonds. The number of amides is 2. The molecule has 3 fully saturated rings. The number of rotatable bonds is 9. The second kappa shape index (κ2) is 13.9. The summed E-state index contributed by atoms with van der Waals surface area (Å²) in [5, 5.41) is 3.44. The molecule has 0 radical (unpaired) electrons. The molecule has 9 nitrogen and oxygen atoms in total. The number of hydrogen-bond acceptors (Lipinski definition) is 6. The molecule has 3 heterocycles. The first-order valence-corrected chi connectivity index (χ1v) is 13.5. The van der Waals surface area contributed by atoms with Crippen molar-refractivity contribution in [1.82, 2.24) is 24.7 Å². The van der Waals surface area contributed by atoms with Gasteiger partial charge < -0.3 is 29.2 Å². The molecular weight excluding hydrogens is 529 g/mol. The fraction of sp³-hybridized carbons (Fsp3) is 0.667. The summed E-state index contributed by atoms with van der Waals surface area (Å²) in [6.45, 7) is 9.81. The highest BCUT2D eigenvalue weighted by molar-refractivity contribution is 5.95. The zero-order valence-corrected chi connectivity index (χ0v) is 24.0. The maximum atomic E-state index is 14.1. The molecule has 1 aliphatic carbocycles. The summed E-state index contributed by atoms with van der Waals surface area (Å²) in [6.07, 6.45) is 3.27. The zero-order chi connectivity index (χ0) is 25.1. The van der Waals surface area contributed by atoms with Gasteiger partial charge >= 0.3 is 0 Å². The van der Waals surface area contributed by atoms with Gasteiger partial charge in [-0.25, -0.2) is 4.98 Å². The average Bonchev–Trinajstić information content (AvgIpc) is 3.66. The van der Waals surface area contributed by atoms with Gasteiger partial charge in [-0.1, -0.05) is 26.0 Å². The van der Waals surface area contributed by atoms with Gasteiger partial charge in [0, 0.05) is 45.3 Å². The third kappa shape index (κ3) is 7.18. The summed E-state index contributed by atoms with van der Waals surface area (Å²) in [7, 11) is 0. The first-order valence-electron chi connectivity index (χ1n) is 13.5. The first-order chi connectivity index (χ1) is 17.5. The van der Waals surface area contributed by atoms with Crippen LogP contribution in [0.1, 0.15) is 43.7 Å². The number of aromatic nitrogens is 2. The average molecular weight is 571 g/mol. The Balaban J connectivity index is 0.00000200. The Kier molecular flexibility index (Phi) is 11.2. The summed E-state index contributed by atoms with van der Waals surface area (Å²) in [6, 6.07) is 7.83. The molecule has 0 bridgehead atoms. The zero-order valence-electron chi connectivity index (χ0n) is 22.3. The summed E-state index contributed by atoms with van der Waals surface area (Å²) in [5.41, 5.74) is 1.77. The van der Waals surface area contributed by atoms with Crippen molar-refractivity contribution in [3.63, 3.8) is 0 Å². The fourth-order valence-electron chi connectivity index (χ4n) is 5.32. The number of nitrogens with one attached hydrogen (secondary N) is 1. The van der Waals surface area contributed by atoms with Gasteiger partial charge in [-0.15, -0.1) is 24.8 Å². The number of para-hydroxylation sites is 2. The van der Waals surface area contributed by atoms with Crippen LogP contribution in [0.4, 0.5) is 0 Å². The number of carbonyl (C=O) groups is 2. The van der Waals surface area contributed by atoms with Crippen LogP contribution in [0, 0.1) is 11.8 Å². The van der Waals surface area contributed by atoms with Crippen LogP contribution >= 0.6 is 24.8 Å². The summed E-state index contributed by atoms with van der Waals surface area (Å²) < 4.78 is 13.3. The lowest BCUT2D eigenvalue weighted by Crippen LogP contribution is -2.56. The maximum absolute atomic E-state index is 14.1. The van der Waals surface area contributed by atoms with Gasteiger partial charge in [-0.05, 0) is 37.3 Å². The van der Waals surface area contributed by atoms with Crippen molar-refractivity contribution < 1.29 is 19.1 Å². The lowest BCUT2D eigenvalue weighted by atomic mass is 9.92. The van der Waals surface area contributed by atoms with Crippen LogP contribution in [-0.4, -0.2) is 95.9 Å². The Labute approximate surface area is 237 Å². The van der Waals surface area contributed by atoms with Crippen molar-refractivity contribution in [3.05, 3.63) is 30.1 Å². The van der Waals surface area contributed by atoms with E-state index in [-0.39, 0.29) is 48.6 Å². The van der Waals surface area contributed by atoms with Crippen LogP contribution in [0.2, 0.25) is 0 Å². The molecule has 2 aromatic rings. The molecule has 212 valence electrons. The van der Waals surface area contributed by atoms with Crippen molar-refractivity contribution in [2.24, 2.45) is 11.8 Å². The normalized spacial score (nSPS) is 21.6. The number of halogens is 2. The predicted molar refractivity (Wildman–Crippen MR) is 151 cm³/mol. The van der Waals surface area contributed by atoms with Crippen LogP contribution < -0.4 is 5.32 Å². The standard InChI is InChI=1S/C27H39N5O4.2ClH/c1-19(2)18-32(21-15-20(16-28-17-21)26(33)30-9-12-35-13-10-30)27(34)25-29-23-5-3-4-6-24(23)31(25)11-14-36-22-7-8-22;;/h3-6,19-22,28H,7-18H2,1-2H3;2*1H/t20-,21+;;/m1../s1. The van der Waals surface area contributed by atoms with E-state index < -0.39 is 0 Å². The van der Waals surface area contributed by atoms with Gasteiger partial charge in [0.25, 0.3) is 5.91 Å². The number of fused-ring (bicyclic) bond motifs is 1. The number of hydrogen-bond donors (Lipinski definition) is 1. The van der Waals surface area contributed by atoms with Gasteiger partial charge in [0.15, 0.2) is 5.82 Å². The minimum absolute atomic E-state index is 0. The predicted octanol–water partition coefficient (Wildman–Crippen LogP) is 2.99. The Morgan fingerprint density at radius 1 is 1.16 bits per heavy atom. The number of piperidine rings is 1. The van der Waals surface area contributed by atoms with E-state index in [0.717, 1.165) is 23.9 Å². The van der Waals surface area contributed by atoms with Gasteiger partial charge in [0.2, 0.25) is 5.91 Å². The molecule has 3 aliphatic rings. The lowest BCUT2D eigenvalue weighted by molar-refractivity contribution is -0.140. The maximum Gasteiger partial charge on any atom is 0.290 e. The SMILES string of the molecule is CC(C)CN(C(=O)c1nc2ccccc2n1CCOC1CC1)[C@@H]1CNC[C@H](C(=O)N2CCOCC2)C1.Cl.Cl. The Bertz CT molecular complexity index is 1070. The number of imidazole rings is 1. The number of carbonyl (C=O) groups excluding carboxylic acids is 2. The second-order valence-corrected chi connectivity index (χ2v) is 10.7. The van der Waals surface area contributed by atoms with E-state index in [0.29, 0.717) is 83.4 Å². The van der Waals surface area contributed by atoms with Crippen molar-refractivity contribution in [2.75, 3.05) is 52.5 Å². The van der Waals surface area contributed by atoms with Crippen LogP contribution in [0.25, 0.3) is 11.0 Å². The van der Waals surface area contributed by atoms with Crippen LogP contribution in [0.5, 0.6) is 0 Å². The molecule has 11 heteroatoms. The summed E-state index contributed by atoms with van der Waals surface area (Å²) in [5.74, 6) is 0.697. The quantitative estimate of drug-likeness (QED) is 0.499. The number of morpholine rings is 1. The van der Waals surface area contributed by atoms with Gasteiger partial charge in [0.1, 0.15) is 0 Å². The fourth-order valence-corrected chi connectivity index (χ4v) is 5.32. The Hall–Kier alpha value is -1.91. The van der Waals surface area contributed by atoms with Crippen molar-refractivity contribution in [3.8, 4) is 0 Å². The van der Waals surface area contributed by atoms with Crippen LogP contribution in [0.3, 0.4) is 0 Å². The lowest BCUT2D eigenvalue weighted by Gasteiger charge is -2.40. The summed E-state index contributed by atoms with van der Waals surface area (Å²) >= 11 is 0. The third-order valence-electron chi connectivity index (χ3n) is 7.30. The van der Waals surface area contributed by atoms with Crippen LogP contribution in [0.15, 0.2) is 24.3 Å². The number of nitrogens with zero attached hydrogens (tertiary/aromatic N) is 4. The van der Waals surface area contributed by atoms with Crippen molar-refractivity contribution in [1.29, 1.82) is 0 Å². The first kappa shape index (κ1) is 30.6. The molecule has 2 atom stereocenters. The van der Waals surface area contributed by atoms with E-state index in [1.807, 2.05) is 38.6 Å². The van der Waals surface area contributed by atoms with Crippen LogP contribution in [-0.2, 0) is 20.8 Å². The van der Waals surface area contributed by atoms with Gasteiger partial charge in [-0.3, -0.25) is 9.59 Å². The van der Waals surface area contributed by atoms with E-state index >= 15 is 0 Å². The number of ether oxygens (including phenoxy) is 2. The molecular formula is C27H41Cl2N5O4. The number of benzene rings is 1. The minimum atomic E-state index is -0.143. The highest BCUT2D eigenvalue weighted by Gasteiger charge is 2.36. The van der Waals surface area contributed by atoms with E-state index in [1.165, 1.54) is 0 Å². The molecule has 2 saturated heterocycles. The van der Waals surface area contributed by atoms with Gasteiger partial charge in [0.05, 0.1) is 42.9 Å². The van der Waals surface area contributed by atoms with E-state index in [4.69, 9.17) is 14.5 Å². The Morgan fingerprint density at radius 3 is 2.61 bits per heavy atom. The molecule has 1 aromatic carbocycles. The van der Waals surface area contributed by atoms with E-state index in [9.17, 15) is 9.59 Å². The molecule has 0 spiro atoms. The smallest absolute Gasteiger partial charge is 0.290 e. The molecule has 2 aliphatic heterocycles. The molecule has 38 heavy (non-hydrogen) atoms. The van der Waals surface area contributed by atoms with Crippen molar-refractivity contribution >= 4 is 47.7 Å². The molecule has 1 aromatic heterocycles. The van der Waals surface area contributed by atoms with Crippen molar-refractivity contribution in [2.45, 2.75) is 51.8 Å². The molecule has 1 N–H and O–H groups in total. The third-order valence-corrected chi connectivity index (χ3v) is 7.30. The molecule has 1 saturated carbocycles. The minimum Gasteiger partial charge on any atom is -0.378 e. The molecule has 0 unspecified atom stereocenters. The Morgan fingerprint density at radius 2 is 1.89 bits per heavy atom. The molecule has 5 rings (SSSR count).